The van der Waals surface area contributed by atoms with Crippen molar-refractivity contribution in [3.63, 3.8) is 0 Å². The van der Waals surface area contributed by atoms with Crippen LogP contribution in [-0.2, 0) is 9.53 Å². The van der Waals surface area contributed by atoms with Crippen molar-refractivity contribution >= 4 is 5.97 Å². The Morgan fingerprint density at radius 1 is 1.26 bits per heavy atom. The molecule has 2 saturated carbocycles. The van der Waals surface area contributed by atoms with Crippen LogP contribution in [0.15, 0.2) is 22.8 Å². The summed E-state index contributed by atoms with van der Waals surface area (Å²) in [6, 6.07) is 0. The minimum atomic E-state index is -0.827. The van der Waals surface area contributed by atoms with Gasteiger partial charge in [-0.2, -0.15) is 0 Å². The van der Waals surface area contributed by atoms with Crippen molar-refractivity contribution in [1.82, 2.24) is 0 Å². The highest BCUT2D eigenvalue weighted by atomic mass is 16.5. The van der Waals surface area contributed by atoms with E-state index in [1.54, 1.807) is 0 Å². The Morgan fingerprint density at radius 2 is 2.00 bits per heavy atom. The molecule has 4 rings (SSSR count). The second-order valence-corrected chi connectivity index (χ2v) is 9.06. The lowest BCUT2D eigenvalue weighted by Crippen LogP contribution is -2.62. The number of hydrogen-bond donors (Lipinski definition) is 1. The second kappa shape index (κ2) is 4.50. The predicted octanol–water partition coefficient (Wildman–Crippen LogP) is 3.92. The van der Waals surface area contributed by atoms with Crippen molar-refractivity contribution in [2.45, 2.75) is 77.9 Å². The molecule has 0 aromatic rings. The lowest BCUT2D eigenvalue weighted by Gasteiger charge is -2.62. The summed E-state index contributed by atoms with van der Waals surface area (Å²) in [5.74, 6) is 0.310. The van der Waals surface area contributed by atoms with Crippen molar-refractivity contribution in [3.8, 4) is 0 Å². The monoisotopic (exact) mass is 316 g/mol. The third kappa shape index (κ3) is 1.83. The SMILES string of the molecule is CC1=C2C=C3CC[C@@H]4C(C)(C)CCC[C@@]4(C)[C@]3(O)C[C@H]2OC1=O. The lowest BCUT2D eigenvalue weighted by molar-refractivity contribution is -0.173. The van der Waals surface area contributed by atoms with E-state index < -0.39 is 5.60 Å². The number of ether oxygens (including phenoxy) is 1. The van der Waals surface area contributed by atoms with Crippen LogP contribution in [0.3, 0.4) is 0 Å². The number of hydrogen-bond acceptors (Lipinski definition) is 3. The summed E-state index contributed by atoms with van der Waals surface area (Å²) in [7, 11) is 0. The van der Waals surface area contributed by atoms with Gasteiger partial charge in [0.25, 0.3) is 0 Å². The van der Waals surface area contributed by atoms with Crippen LogP contribution >= 0.6 is 0 Å². The molecule has 23 heavy (non-hydrogen) atoms. The van der Waals surface area contributed by atoms with Gasteiger partial charge in [0.1, 0.15) is 6.10 Å². The normalized spacial score (nSPS) is 44.9. The fourth-order valence-electron chi connectivity index (χ4n) is 6.20. The maximum atomic E-state index is 11.9. The number of fused-ring (bicyclic) bond motifs is 4. The highest BCUT2D eigenvalue weighted by Crippen LogP contribution is 2.65. The summed E-state index contributed by atoms with van der Waals surface area (Å²) < 4.78 is 5.55. The molecule has 2 fully saturated rings. The Hall–Kier alpha value is -1.09. The zero-order valence-electron chi connectivity index (χ0n) is 14.7. The average molecular weight is 316 g/mol. The summed E-state index contributed by atoms with van der Waals surface area (Å²) in [6.07, 6.45) is 7.94. The van der Waals surface area contributed by atoms with E-state index in [2.05, 4.69) is 26.8 Å². The summed E-state index contributed by atoms with van der Waals surface area (Å²) in [6.45, 7) is 8.85. The second-order valence-electron chi connectivity index (χ2n) is 9.06. The minimum absolute atomic E-state index is 0.118. The molecule has 0 bridgehead atoms. The molecule has 0 aromatic carbocycles. The molecule has 0 unspecified atom stereocenters. The Labute approximate surface area is 138 Å². The highest BCUT2D eigenvalue weighted by molar-refractivity contribution is 5.92. The Bertz CT molecular complexity index is 641. The first kappa shape index (κ1) is 15.4. The van der Waals surface area contributed by atoms with E-state index in [4.69, 9.17) is 4.74 Å². The maximum Gasteiger partial charge on any atom is 0.334 e. The van der Waals surface area contributed by atoms with Crippen LogP contribution in [-0.4, -0.2) is 22.8 Å². The number of aliphatic hydroxyl groups is 1. The zero-order valence-corrected chi connectivity index (χ0v) is 14.7. The molecule has 0 amide bonds. The smallest absolute Gasteiger partial charge is 0.334 e. The molecule has 3 nitrogen and oxygen atoms in total. The van der Waals surface area contributed by atoms with Gasteiger partial charge in [0.15, 0.2) is 0 Å². The average Bonchev–Trinajstić information content (AvgIpc) is 2.71. The third-order valence-electron chi connectivity index (χ3n) is 7.55. The van der Waals surface area contributed by atoms with Gasteiger partial charge in [-0.25, -0.2) is 4.79 Å². The van der Waals surface area contributed by atoms with Gasteiger partial charge in [0.05, 0.1) is 5.60 Å². The molecule has 0 saturated heterocycles. The molecule has 0 spiro atoms. The fourth-order valence-corrected chi connectivity index (χ4v) is 6.20. The van der Waals surface area contributed by atoms with E-state index >= 15 is 0 Å². The van der Waals surface area contributed by atoms with Crippen LogP contribution in [0, 0.1) is 16.7 Å². The molecule has 3 heteroatoms. The van der Waals surface area contributed by atoms with Crippen LogP contribution in [0.5, 0.6) is 0 Å². The first-order valence-electron chi connectivity index (χ1n) is 9.04. The molecular formula is C20H28O3. The number of rotatable bonds is 0. The fraction of sp³-hybridized carbons (Fsp3) is 0.750. The highest BCUT2D eigenvalue weighted by Gasteiger charge is 2.62. The van der Waals surface area contributed by atoms with Gasteiger partial charge in [-0.3, -0.25) is 0 Å². The number of esters is 1. The summed E-state index contributed by atoms with van der Waals surface area (Å²) in [5, 5.41) is 11.8. The van der Waals surface area contributed by atoms with Gasteiger partial charge in [-0.05, 0) is 49.5 Å². The summed E-state index contributed by atoms with van der Waals surface area (Å²) >= 11 is 0. The molecule has 0 aromatic heterocycles. The van der Waals surface area contributed by atoms with Crippen molar-refractivity contribution < 1.29 is 14.6 Å². The van der Waals surface area contributed by atoms with Gasteiger partial charge < -0.3 is 9.84 Å². The van der Waals surface area contributed by atoms with Crippen molar-refractivity contribution in [1.29, 1.82) is 0 Å². The van der Waals surface area contributed by atoms with Crippen molar-refractivity contribution in [2.75, 3.05) is 0 Å². The molecule has 3 aliphatic carbocycles. The summed E-state index contributed by atoms with van der Waals surface area (Å²) in [5.41, 5.74) is 2.19. The lowest BCUT2D eigenvalue weighted by atomic mass is 9.44. The molecule has 0 radical (unpaired) electrons. The molecule has 4 aliphatic rings. The molecule has 126 valence electrons. The first-order valence-corrected chi connectivity index (χ1v) is 9.04. The minimum Gasteiger partial charge on any atom is -0.454 e. The molecular weight excluding hydrogens is 288 g/mol. The summed E-state index contributed by atoms with van der Waals surface area (Å²) in [4.78, 5) is 11.9. The molecule has 1 heterocycles. The predicted molar refractivity (Wildman–Crippen MR) is 88.7 cm³/mol. The quantitative estimate of drug-likeness (QED) is 0.689. The van der Waals surface area contributed by atoms with Gasteiger partial charge in [-0.1, -0.05) is 33.3 Å². The van der Waals surface area contributed by atoms with Crippen molar-refractivity contribution in [3.05, 3.63) is 22.8 Å². The van der Waals surface area contributed by atoms with Gasteiger partial charge in [0.2, 0.25) is 0 Å². The third-order valence-corrected chi connectivity index (χ3v) is 7.55. The Balaban J connectivity index is 1.81. The Kier molecular flexibility index (Phi) is 3.02. The van der Waals surface area contributed by atoms with E-state index in [0.717, 1.165) is 36.0 Å². The van der Waals surface area contributed by atoms with E-state index in [1.165, 1.54) is 12.8 Å². The van der Waals surface area contributed by atoms with Gasteiger partial charge in [0, 0.05) is 23.0 Å². The van der Waals surface area contributed by atoms with E-state index in [-0.39, 0.29) is 22.9 Å². The molecule has 1 aliphatic heterocycles. The topological polar surface area (TPSA) is 46.5 Å². The maximum absolute atomic E-state index is 11.9. The van der Waals surface area contributed by atoms with Crippen LogP contribution in [0.2, 0.25) is 0 Å². The molecule has 4 atom stereocenters. The number of carbonyl (C=O) groups excluding carboxylic acids is 1. The zero-order chi connectivity index (χ0) is 16.6. The van der Waals surface area contributed by atoms with Crippen LogP contribution in [0.1, 0.15) is 66.2 Å². The van der Waals surface area contributed by atoms with E-state index in [0.29, 0.717) is 12.3 Å². The van der Waals surface area contributed by atoms with Crippen LogP contribution in [0.4, 0.5) is 0 Å². The first-order chi connectivity index (χ1) is 10.7. The van der Waals surface area contributed by atoms with Gasteiger partial charge >= 0.3 is 5.97 Å². The Morgan fingerprint density at radius 3 is 2.74 bits per heavy atom. The number of carbonyl (C=O) groups is 1. The largest absolute Gasteiger partial charge is 0.454 e. The van der Waals surface area contributed by atoms with Crippen LogP contribution < -0.4 is 0 Å². The van der Waals surface area contributed by atoms with E-state index in [1.807, 2.05) is 6.92 Å². The van der Waals surface area contributed by atoms with Crippen LogP contribution in [0.25, 0.3) is 0 Å². The van der Waals surface area contributed by atoms with Crippen molar-refractivity contribution in [2.24, 2.45) is 16.7 Å². The molecule has 1 N–H and O–H groups in total. The van der Waals surface area contributed by atoms with E-state index in [9.17, 15) is 9.90 Å². The van der Waals surface area contributed by atoms with Gasteiger partial charge in [-0.15, -0.1) is 0 Å². The standard InChI is InChI=1S/C20H28O3/c1-12-14-10-13-6-7-16-18(2,3)8-5-9-19(16,4)20(13,22)11-15(14)23-17(12)21/h10,15-16,22H,5-9,11H2,1-4H3/t15-,16-,19-,20+/m1/s1.